The molecule has 2 rings (SSSR count). The molecule has 178 valence electrons. The van der Waals surface area contributed by atoms with Gasteiger partial charge in [0.1, 0.15) is 18.0 Å². The summed E-state index contributed by atoms with van der Waals surface area (Å²) in [7, 11) is 1.68. The third-order valence-corrected chi connectivity index (χ3v) is 6.32. The number of ether oxygens (including phenoxy) is 1. The van der Waals surface area contributed by atoms with Gasteiger partial charge in [-0.1, -0.05) is 51.5 Å². The van der Waals surface area contributed by atoms with Gasteiger partial charge in [-0.05, 0) is 51.0 Å². The van der Waals surface area contributed by atoms with E-state index in [-0.39, 0.29) is 6.54 Å². The van der Waals surface area contributed by atoms with E-state index in [1.54, 1.807) is 13.3 Å². The smallest absolute Gasteiger partial charge is 0.144 e. The number of benzene rings is 2. The van der Waals surface area contributed by atoms with E-state index >= 15 is 0 Å². The van der Waals surface area contributed by atoms with E-state index in [0.29, 0.717) is 19.0 Å². The van der Waals surface area contributed by atoms with E-state index < -0.39 is 0 Å². The number of methoxy groups -OCH3 is 1. The molecule has 0 saturated heterocycles. The van der Waals surface area contributed by atoms with Crippen molar-refractivity contribution in [3.63, 3.8) is 0 Å². The molecular weight excluding hydrogens is 478 g/mol. The first kappa shape index (κ1) is 26.4. The van der Waals surface area contributed by atoms with Gasteiger partial charge in [-0.25, -0.2) is 0 Å². The van der Waals surface area contributed by atoms with Gasteiger partial charge in [-0.2, -0.15) is 5.26 Å². The number of hydrogen-bond donors (Lipinski definition) is 3. The lowest BCUT2D eigenvalue weighted by Crippen LogP contribution is -2.19. The Morgan fingerprint density at radius 3 is 2.52 bits per heavy atom. The number of anilines is 2. The van der Waals surface area contributed by atoms with Gasteiger partial charge < -0.3 is 26.0 Å². The molecule has 0 saturated carbocycles. The molecule has 2 aromatic carbocycles. The summed E-state index contributed by atoms with van der Waals surface area (Å²) in [5, 5.41) is 16.3. The molecule has 0 radical (unpaired) electrons. The topological polar surface area (TPSA) is 86.3 Å². The summed E-state index contributed by atoms with van der Waals surface area (Å²) >= 11 is 3.82. The SMILES string of the molecule is CCCCNc1c(OC)cc(CN(/C=C\N)CC#N)c(Br)c1NCc1ccc(C(C)C)cc1. The minimum absolute atomic E-state index is 0.240. The van der Waals surface area contributed by atoms with Crippen LogP contribution in [0, 0.1) is 11.3 Å². The largest absolute Gasteiger partial charge is 0.494 e. The summed E-state index contributed by atoms with van der Waals surface area (Å²) in [6.45, 7) is 8.86. The van der Waals surface area contributed by atoms with E-state index in [4.69, 9.17) is 15.7 Å². The Balaban J connectivity index is 2.40. The van der Waals surface area contributed by atoms with Crippen LogP contribution in [-0.2, 0) is 13.1 Å². The summed E-state index contributed by atoms with van der Waals surface area (Å²) in [5.74, 6) is 1.27. The normalized spacial score (nSPS) is 10.9. The second kappa shape index (κ2) is 13.6. The fourth-order valence-electron chi connectivity index (χ4n) is 3.50. The molecule has 0 aromatic heterocycles. The quantitative estimate of drug-likeness (QED) is 0.219. The van der Waals surface area contributed by atoms with E-state index in [2.05, 4.69) is 77.7 Å². The Morgan fingerprint density at radius 1 is 1.21 bits per heavy atom. The molecule has 7 heteroatoms. The first-order valence-corrected chi connectivity index (χ1v) is 12.2. The molecular formula is C26H36BrN5O. The lowest BCUT2D eigenvalue weighted by atomic mass is 10.0. The van der Waals surface area contributed by atoms with E-state index in [1.807, 2.05) is 11.0 Å². The Hall–Kier alpha value is -2.85. The van der Waals surface area contributed by atoms with Crippen LogP contribution in [0.25, 0.3) is 0 Å². The number of nitrogens with two attached hydrogens (primary N) is 1. The summed E-state index contributed by atoms with van der Waals surface area (Å²) in [6, 6.07) is 12.9. The zero-order chi connectivity index (χ0) is 24.2. The second-order valence-electron chi connectivity index (χ2n) is 8.24. The van der Waals surface area contributed by atoms with Crippen molar-refractivity contribution in [2.75, 3.05) is 30.8 Å². The number of nitrogens with zero attached hydrogens (tertiary/aromatic N) is 2. The number of nitriles is 1. The maximum absolute atomic E-state index is 9.17. The molecule has 6 nitrogen and oxygen atoms in total. The van der Waals surface area contributed by atoms with E-state index in [0.717, 1.165) is 46.5 Å². The van der Waals surface area contributed by atoms with Gasteiger partial charge in [0.25, 0.3) is 0 Å². The van der Waals surface area contributed by atoms with Crippen LogP contribution in [0.2, 0.25) is 0 Å². The van der Waals surface area contributed by atoms with E-state index in [9.17, 15) is 0 Å². The third-order valence-electron chi connectivity index (χ3n) is 5.41. The average Bonchev–Trinajstić information content (AvgIpc) is 2.81. The molecule has 0 atom stereocenters. The van der Waals surface area contributed by atoms with Gasteiger partial charge in [-0.15, -0.1) is 0 Å². The van der Waals surface area contributed by atoms with Crippen molar-refractivity contribution in [2.45, 2.75) is 52.6 Å². The number of rotatable bonds is 13. The van der Waals surface area contributed by atoms with Crippen molar-refractivity contribution in [2.24, 2.45) is 5.73 Å². The van der Waals surface area contributed by atoms with Gasteiger partial charge >= 0.3 is 0 Å². The lowest BCUT2D eigenvalue weighted by molar-refractivity contribution is 0.402. The highest BCUT2D eigenvalue weighted by molar-refractivity contribution is 9.10. The van der Waals surface area contributed by atoms with Crippen molar-refractivity contribution < 1.29 is 4.74 Å². The standard InChI is InChI=1S/C26H36BrN5O/c1-5-6-13-30-25-23(33-4)16-22(18-32(14-11-28)15-12-29)24(27)26(25)31-17-20-7-9-21(10-8-20)19(2)3/h7-11,14,16,19,30-31H,5-6,13,15,17-18,28H2,1-4H3/b14-11-. The Kier molecular flexibility index (Phi) is 10.9. The van der Waals surface area contributed by atoms with Crippen LogP contribution in [0.5, 0.6) is 5.75 Å². The molecule has 0 aliphatic carbocycles. The van der Waals surface area contributed by atoms with Gasteiger partial charge in [-0.3, -0.25) is 0 Å². The van der Waals surface area contributed by atoms with Gasteiger partial charge in [0.2, 0.25) is 0 Å². The molecule has 0 heterocycles. The summed E-state index contributed by atoms with van der Waals surface area (Å²) in [6.07, 6.45) is 5.34. The van der Waals surface area contributed by atoms with Crippen molar-refractivity contribution in [1.29, 1.82) is 5.26 Å². The second-order valence-corrected chi connectivity index (χ2v) is 9.03. The summed E-state index contributed by atoms with van der Waals surface area (Å²) in [5.41, 5.74) is 11.0. The van der Waals surface area contributed by atoms with Crippen molar-refractivity contribution in [1.82, 2.24) is 4.90 Å². The van der Waals surface area contributed by atoms with Crippen molar-refractivity contribution in [3.05, 3.63) is 63.9 Å². The first-order valence-electron chi connectivity index (χ1n) is 11.4. The number of unbranched alkanes of at least 4 members (excludes halogenated alkanes) is 1. The molecule has 33 heavy (non-hydrogen) atoms. The highest BCUT2D eigenvalue weighted by Gasteiger charge is 2.18. The highest BCUT2D eigenvalue weighted by Crippen LogP contribution is 2.42. The number of nitrogens with one attached hydrogen (secondary N) is 2. The molecule has 0 amide bonds. The van der Waals surface area contributed by atoms with E-state index in [1.165, 1.54) is 17.3 Å². The molecule has 0 fully saturated rings. The van der Waals surface area contributed by atoms with Crippen molar-refractivity contribution >= 4 is 27.3 Å². The fourth-order valence-corrected chi connectivity index (χ4v) is 4.08. The van der Waals surface area contributed by atoms with Crippen LogP contribution in [-0.4, -0.2) is 25.1 Å². The Bertz CT molecular complexity index is 951. The van der Waals surface area contributed by atoms with Crippen LogP contribution in [0.4, 0.5) is 11.4 Å². The third kappa shape index (κ3) is 7.61. The molecule has 0 aliphatic heterocycles. The zero-order valence-electron chi connectivity index (χ0n) is 20.1. The highest BCUT2D eigenvalue weighted by atomic mass is 79.9. The molecule has 0 bridgehead atoms. The van der Waals surface area contributed by atoms with Crippen LogP contribution >= 0.6 is 15.9 Å². The predicted octanol–water partition coefficient (Wildman–Crippen LogP) is 6.16. The fraction of sp³-hybridized carbons (Fsp3) is 0.423. The molecule has 0 aliphatic rings. The van der Waals surface area contributed by atoms with Crippen LogP contribution in [0.1, 0.15) is 56.2 Å². The number of halogens is 1. The minimum Gasteiger partial charge on any atom is -0.494 e. The van der Waals surface area contributed by atoms with Gasteiger partial charge in [0.15, 0.2) is 0 Å². The Morgan fingerprint density at radius 2 is 1.94 bits per heavy atom. The number of hydrogen-bond acceptors (Lipinski definition) is 6. The lowest BCUT2D eigenvalue weighted by Gasteiger charge is -2.24. The van der Waals surface area contributed by atoms with Crippen LogP contribution in [0.15, 0.2) is 47.2 Å². The maximum atomic E-state index is 9.17. The molecule has 4 N–H and O–H groups in total. The average molecular weight is 515 g/mol. The molecule has 0 spiro atoms. The molecule has 2 aromatic rings. The zero-order valence-corrected chi connectivity index (χ0v) is 21.7. The summed E-state index contributed by atoms with van der Waals surface area (Å²) < 4.78 is 6.70. The van der Waals surface area contributed by atoms with Gasteiger partial charge in [0.05, 0.1) is 18.9 Å². The minimum atomic E-state index is 0.240. The van der Waals surface area contributed by atoms with Crippen LogP contribution in [0.3, 0.4) is 0 Å². The van der Waals surface area contributed by atoms with Gasteiger partial charge in [0, 0.05) is 36.5 Å². The Labute approximate surface area is 206 Å². The monoisotopic (exact) mass is 513 g/mol. The predicted molar refractivity (Wildman–Crippen MR) is 141 cm³/mol. The van der Waals surface area contributed by atoms with Crippen molar-refractivity contribution in [3.8, 4) is 11.8 Å². The summed E-state index contributed by atoms with van der Waals surface area (Å²) in [4.78, 5) is 1.86. The maximum Gasteiger partial charge on any atom is 0.144 e. The molecule has 0 unspecified atom stereocenters. The van der Waals surface area contributed by atoms with Crippen LogP contribution < -0.4 is 21.1 Å². The first-order chi connectivity index (χ1) is 15.9.